The van der Waals surface area contributed by atoms with Crippen LogP contribution in [0.3, 0.4) is 0 Å². The van der Waals surface area contributed by atoms with Gasteiger partial charge in [-0.2, -0.15) is 0 Å². The number of rotatable bonds is 0. The first-order valence-corrected chi connectivity index (χ1v) is 4.92. The fourth-order valence-corrected chi connectivity index (χ4v) is 3.50. The average molecular weight is 210 g/mol. The minimum Gasteiger partial charge on any atom is -0.121 e. The Balaban J connectivity index is 2.15. The first-order chi connectivity index (χ1) is 4.29. The summed E-state index contributed by atoms with van der Waals surface area (Å²) in [5.41, 5.74) is 0. The number of alkyl halides is 2. The molecule has 0 aromatic heterocycles. The van der Waals surface area contributed by atoms with E-state index in [1.165, 1.54) is 19.3 Å². The van der Waals surface area contributed by atoms with E-state index in [2.05, 4.69) is 15.9 Å². The van der Waals surface area contributed by atoms with Crippen LogP contribution >= 0.6 is 27.5 Å². The largest absolute Gasteiger partial charge is 0.121 e. The molecule has 9 heavy (non-hydrogen) atoms. The van der Waals surface area contributed by atoms with Crippen molar-refractivity contribution in [3.63, 3.8) is 0 Å². The van der Waals surface area contributed by atoms with Crippen molar-refractivity contribution in [1.29, 1.82) is 0 Å². The fourth-order valence-electron chi connectivity index (χ4n) is 2.15. The van der Waals surface area contributed by atoms with Crippen LogP contribution in [0.25, 0.3) is 0 Å². The molecule has 2 fully saturated rings. The minimum atomic E-state index is 0.434. The summed E-state index contributed by atoms with van der Waals surface area (Å²) in [5.74, 6) is 1.73. The highest BCUT2D eigenvalue weighted by Crippen LogP contribution is 2.50. The van der Waals surface area contributed by atoms with Crippen LogP contribution in [-0.4, -0.2) is 10.2 Å². The molecule has 0 amide bonds. The van der Waals surface area contributed by atoms with E-state index in [0.29, 0.717) is 10.2 Å². The Morgan fingerprint density at radius 1 is 1.22 bits per heavy atom. The zero-order valence-electron chi connectivity index (χ0n) is 5.19. The second-order valence-electron chi connectivity index (χ2n) is 3.22. The molecule has 0 radical (unpaired) electrons. The van der Waals surface area contributed by atoms with Gasteiger partial charge >= 0.3 is 0 Å². The summed E-state index contributed by atoms with van der Waals surface area (Å²) in [6.45, 7) is 0. The van der Waals surface area contributed by atoms with Gasteiger partial charge < -0.3 is 0 Å². The third kappa shape index (κ3) is 0.848. The van der Waals surface area contributed by atoms with Gasteiger partial charge in [-0.15, -0.1) is 11.6 Å². The van der Waals surface area contributed by atoms with Gasteiger partial charge in [0, 0.05) is 10.2 Å². The summed E-state index contributed by atoms with van der Waals surface area (Å²) in [4.78, 5) is 0.623. The Bertz CT molecular complexity index is 108. The Morgan fingerprint density at radius 2 is 1.89 bits per heavy atom. The van der Waals surface area contributed by atoms with Crippen LogP contribution in [0.1, 0.15) is 19.3 Å². The number of hydrogen-bond acceptors (Lipinski definition) is 0. The second kappa shape index (κ2) is 2.13. The molecule has 2 saturated carbocycles. The van der Waals surface area contributed by atoms with Gasteiger partial charge in [0.1, 0.15) is 0 Å². The monoisotopic (exact) mass is 208 g/mol. The molecule has 0 N–H and O–H groups in total. The van der Waals surface area contributed by atoms with E-state index >= 15 is 0 Å². The Labute approximate surface area is 69.1 Å². The Hall–Kier alpha value is 0.770. The molecule has 2 bridgehead atoms. The van der Waals surface area contributed by atoms with Crippen LogP contribution in [-0.2, 0) is 0 Å². The predicted molar refractivity (Wildman–Crippen MR) is 43.2 cm³/mol. The maximum atomic E-state index is 6.11. The molecule has 0 unspecified atom stereocenters. The fraction of sp³-hybridized carbons (Fsp3) is 1.00. The molecule has 2 aliphatic carbocycles. The molecular weight excluding hydrogens is 199 g/mol. The average Bonchev–Trinajstić information content (AvgIpc) is 2.37. The number of halogens is 2. The van der Waals surface area contributed by atoms with Crippen molar-refractivity contribution in [2.24, 2.45) is 11.8 Å². The van der Waals surface area contributed by atoms with Crippen molar-refractivity contribution in [1.82, 2.24) is 0 Å². The lowest BCUT2D eigenvalue weighted by atomic mass is 10.0. The normalized spacial score (nSPS) is 56.7. The predicted octanol–water partition coefficient (Wildman–Crippen LogP) is 2.79. The van der Waals surface area contributed by atoms with Gasteiger partial charge in [-0.05, 0) is 31.1 Å². The lowest BCUT2D eigenvalue weighted by molar-refractivity contribution is 0.504. The lowest BCUT2D eigenvalue weighted by Gasteiger charge is -2.20. The first kappa shape index (κ1) is 6.48. The molecule has 0 aliphatic heterocycles. The lowest BCUT2D eigenvalue weighted by Crippen LogP contribution is -2.21. The van der Waals surface area contributed by atoms with Gasteiger partial charge in [-0.1, -0.05) is 15.9 Å². The van der Waals surface area contributed by atoms with Gasteiger partial charge in [0.25, 0.3) is 0 Å². The van der Waals surface area contributed by atoms with Crippen molar-refractivity contribution in [2.45, 2.75) is 29.5 Å². The molecule has 2 heteroatoms. The van der Waals surface area contributed by atoms with Crippen LogP contribution in [0.4, 0.5) is 0 Å². The minimum absolute atomic E-state index is 0.434. The summed E-state index contributed by atoms with van der Waals surface area (Å²) in [6, 6.07) is 0. The number of fused-ring (bicyclic) bond motifs is 2. The van der Waals surface area contributed by atoms with Gasteiger partial charge in [0.2, 0.25) is 0 Å². The topological polar surface area (TPSA) is 0 Å². The molecule has 0 heterocycles. The van der Waals surface area contributed by atoms with E-state index in [-0.39, 0.29) is 0 Å². The van der Waals surface area contributed by atoms with Crippen molar-refractivity contribution in [2.75, 3.05) is 0 Å². The van der Waals surface area contributed by atoms with E-state index < -0.39 is 0 Å². The third-order valence-electron chi connectivity index (χ3n) is 2.72. The van der Waals surface area contributed by atoms with Crippen molar-refractivity contribution in [3.05, 3.63) is 0 Å². The van der Waals surface area contributed by atoms with E-state index in [1.807, 2.05) is 0 Å². The van der Waals surface area contributed by atoms with Crippen molar-refractivity contribution >= 4 is 27.5 Å². The summed E-state index contributed by atoms with van der Waals surface area (Å²) >= 11 is 9.74. The molecule has 2 aliphatic rings. The van der Waals surface area contributed by atoms with Gasteiger partial charge in [-0.3, -0.25) is 0 Å². The molecule has 0 saturated heterocycles. The first-order valence-electron chi connectivity index (χ1n) is 3.57. The van der Waals surface area contributed by atoms with Crippen LogP contribution in [0.5, 0.6) is 0 Å². The zero-order valence-corrected chi connectivity index (χ0v) is 7.53. The van der Waals surface area contributed by atoms with Crippen molar-refractivity contribution in [3.8, 4) is 0 Å². The van der Waals surface area contributed by atoms with E-state index in [4.69, 9.17) is 11.6 Å². The zero-order chi connectivity index (χ0) is 6.43. The van der Waals surface area contributed by atoms with Crippen LogP contribution in [0.15, 0.2) is 0 Å². The summed E-state index contributed by atoms with van der Waals surface area (Å²) < 4.78 is 0. The molecule has 52 valence electrons. The smallest absolute Gasteiger partial charge is 0.0492 e. The second-order valence-corrected chi connectivity index (χ2v) is 4.78. The summed E-state index contributed by atoms with van der Waals surface area (Å²) in [7, 11) is 0. The standard InChI is InChI=1S/C7H10BrCl/c8-6-4-1-2-5(3-4)7(6)9/h4-7H,1-3H2/t4-,5-,6+,7-/m0/s1. The molecule has 4 atom stereocenters. The molecule has 0 nitrogen and oxygen atoms in total. The van der Waals surface area contributed by atoms with Crippen LogP contribution in [0.2, 0.25) is 0 Å². The Kier molecular flexibility index (Phi) is 1.53. The van der Waals surface area contributed by atoms with Gasteiger partial charge in [0.15, 0.2) is 0 Å². The van der Waals surface area contributed by atoms with Gasteiger partial charge in [0.05, 0.1) is 0 Å². The molecule has 0 aromatic rings. The Morgan fingerprint density at radius 3 is 2.22 bits per heavy atom. The van der Waals surface area contributed by atoms with Crippen LogP contribution < -0.4 is 0 Å². The van der Waals surface area contributed by atoms with E-state index in [1.54, 1.807) is 0 Å². The van der Waals surface area contributed by atoms with Crippen molar-refractivity contribution < 1.29 is 0 Å². The molecule has 0 spiro atoms. The maximum Gasteiger partial charge on any atom is 0.0492 e. The quantitative estimate of drug-likeness (QED) is 0.538. The van der Waals surface area contributed by atoms with Gasteiger partial charge in [-0.25, -0.2) is 0 Å². The number of hydrogen-bond donors (Lipinski definition) is 0. The maximum absolute atomic E-state index is 6.11. The molecule has 0 aromatic carbocycles. The SMILES string of the molecule is Cl[C@H]1[C@H]2CC[C@@H](C2)[C@H]1Br. The highest BCUT2D eigenvalue weighted by atomic mass is 79.9. The highest BCUT2D eigenvalue weighted by molar-refractivity contribution is 9.09. The van der Waals surface area contributed by atoms with Crippen LogP contribution in [0, 0.1) is 11.8 Å². The molecule has 2 rings (SSSR count). The van der Waals surface area contributed by atoms with E-state index in [0.717, 1.165) is 11.8 Å². The molecular formula is C7H10BrCl. The highest BCUT2D eigenvalue weighted by Gasteiger charge is 2.45. The third-order valence-corrected chi connectivity index (χ3v) is 4.97. The summed E-state index contributed by atoms with van der Waals surface area (Å²) in [5, 5.41) is 0.434. The van der Waals surface area contributed by atoms with E-state index in [9.17, 15) is 0 Å². The summed E-state index contributed by atoms with van der Waals surface area (Å²) in [6.07, 6.45) is 4.16.